The van der Waals surface area contributed by atoms with Gasteiger partial charge in [-0.2, -0.15) is 0 Å². The SMILES string of the molecule is Cc1cc(-c2ccc(-c3ccc4c(c3)C(C)(C)c3ccccc3-4)s2)cc(-c2cccc(-c3cc(-c4ccccc4)cc(-c4ccccc4O)n3)c2)n1. The summed E-state index contributed by atoms with van der Waals surface area (Å²) in [7, 11) is 0. The van der Waals surface area contributed by atoms with E-state index in [2.05, 4.69) is 130 Å². The number of aromatic hydroxyl groups is 1. The topological polar surface area (TPSA) is 46.0 Å². The number of aryl methyl sites for hydroxylation is 1. The Morgan fingerprint density at radius 2 is 1.06 bits per heavy atom. The van der Waals surface area contributed by atoms with E-state index in [4.69, 9.17) is 9.97 Å². The summed E-state index contributed by atoms with van der Waals surface area (Å²) in [5.41, 5.74) is 16.1. The van der Waals surface area contributed by atoms with Crippen LogP contribution < -0.4 is 0 Å². The fraction of sp³-hybridized carbons (Fsp3) is 0.0833. The Kier molecular flexibility index (Phi) is 7.71. The Bertz CT molecular complexity index is 2640. The molecule has 3 nitrogen and oxygen atoms in total. The third kappa shape index (κ3) is 5.62. The lowest BCUT2D eigenvalue weighted by Gasteiger charge is -2.21. The summed E-state index contributed by atoms with van der Waals surface area (Å²) in [4.78, 5) is 12.5. The van der Waals surface area contributed by atoms with E-state index >= 15 is 0 Å². The molecule has 0 amide bonds. The zero-order chi connectivity index (χ0) is 35.4. The van der Waals surface area contributed by atoms with Gasteiger partial charge >= 0.3 is 0 Å². The lowest BCUT2D eigenvalue weighted by molar-refractivity contribution is 0.477. The number of fused-ring (bicyclic) bond motifs is 3. The molecule has 1 aliphatic rings. The largest absolute Gasteiger partial charge is 0.507 e. The first-order chi connectivity index (χ1) is 25.3. The van der Waals surface area contributed by atoms with Crippen LogP contribution >= 0.6 is 11.3 Å². The molecule has 4 heteroatoms. The standard InChI is InChI=1S/C48H36N2OS/c1-30-24-36(47-23-22-46(52-47)34-20-21-38-37-16-7-9-18-40(37)48(2,3)41(38)26-34)29-42(49-30)32-14-11-15-33(25-32)43-27-35(31-12-5-4-6-13-31)28-44(50-43)39-17-8-10-19-45(39)51/h4-29,51H,1-3H3. The monoisotopic (exact) mass is 688 g/mol. The lowest BCUT2D eigenvalue weighted by Crippen LogP contribution is -2.14. The van der Waals surface area contributed by atoms with Crippen molar-refractivity contribution >= 4 is 11.3 Å². The summed E-state index contributed by atoms with van der Waals surface area (Å²) in [6, 6.07) is 54.9. The van der Waals surface area contributed by atoms with Gasteiger partial charge in [-0.1, -0.05) is 111 Å². The van der Waals surface area contributed by atoms with Crippen molar-refractivity contribution in [1.82, 2.24) is 9.97 Å². The number of hydrogen-bond acceptors (Lipinski definition) is 4. The Hall–Kier alpha value is -6.10. The minimum absolute atomic E-state index is 0.0308. The fourth-order valence-corrected chi connectivity index (χ4v) is 8.60. The summed E-state index contributed by atoms with van der Waals surface area (Å²) in [6.07, 6.45) is 0. The molecule has 8 aromatic rings. The molecule has 9 rings (SSSR count). The van der Waals surface area contributed by atoms with Crippen molar-refractivity contribution in [3.05, 3.63) is 175 Å². The molecular formula is C48H36N2OS. The second-order valence-corrected chi connectivity index (χ2v) is 15.2. The molecule has 0 saturated carbocycles. The van der Waals surface area contributed by atoms with Crippen LogP contribution in [0.4, 0.5) is 0 Å². The minimum atomic E-state index is -0.0308. The highest BCUT2D eigenvalue weighted by Crippen LogP contribution is 2.50. The number of nitrogens with zero attached hydrogens (tertiary/aromatic N) is 2. The molecule has 0 fully saturated rings. The van der Waals surface area contributed by atoms with Crippen LogP contribution in [0.5, 0.6) is 5.75 Å². The van der Waals surface area contributed by atoms with E-state index in [-0.39, 0.29) is 11.2 Å². The van der Waals surface area contributed by atoms with Crippen molar-refractivity contribution in [2.45, 2.75) is 26.2 Å². The van der Waals surface area contributed by atoms with Crippen LogP contribution in [0.3, 0.4) is 0 Å². The second kappa shape index (κ2) is 12.6. The van der Waals surface area contributed by atoms with Crippen molar-refractivity contribution < 1.29 is 5.11 Å². The van der Waals surface area contributed by atoms with Crippen LogP contribution in [-0.2, 0) is 5.41 Å². The zero-order valence-corrected chi connectivity index (χ0v) is 30.1. The first-order valence-electron chi connectivity index (χ1n) is 17.6. The molecule has 1 aliphatic carbocycles. The number of pyridine rings is 2. The minimum Gasteiger partial charge on any atom is -0.507 e. The Morgan fingerprint density at radius 1 is 0.442 bits per heavy atom. The van der Waals surface area contributed by atoms with Gasteiger partial charge in [-0.3, -0.25) is 4.98 Å². The number of hydrogen-bond donors (Lipinski definition) is 1. The van der Waals surface area contributed by atoms with Gasteiger partial charge in [0.2, 0.25) is 0 Å². The third-order valence-electron chi connectivity index (χ3n) is 10.3. The quantitative estimate of drug-likeness (QED) is 0.189. The van der Waals surface area contributed by atoms with Crippen molar-refractivity contribution in [3.63, 3.8) is 0 Å². The predicted octanol–water partition coefficient (Wildman–Crippen LogP) is 12.9. The maximum atomic E-state index is 10.7. The van der Waals surface area contributed by atoms with Gasteiger partial charge in [0.25, 0.3) is 0 Å². The molecule has 0 radical (unpaired) electrons. The molecule has 250 valence electrons. The summed E-state index contributed by atoms with van der Waals surface area (Å²) < 4.78 is 0. The van der Waals surface area contributed by atoms with Crippen molar-refractivity contribution in [1.29, 1.82) is 0 Å². The van der Waals surface area contributed by atoms with E-state index < -0.39 is 0 Å². The number of benzene rings is 5. The molecule has 1 N–H and O–H groups in total. The molecule has 0 saturated heterocycles. The summed E-state index contributed by atoms with van der Waals surface area (Å²) in [5.74, 6) is 0.207. The molecule has 3 aromatic heterocycles. The highest BCUT2D eigenvalue weighted by molar-refractivity contribution is 7.18. The van der Waals surface area contributed by atoms with Gasteiger partial charge < -0.3 is 5.11 Å². The Morgan fingerprint density at radius 3 is 1.85 bits per heavy atom. The van der Waals surface area contributed by atoms with Gasteiger partial charge in [0, 0.05) is 37.6 Å². The predicted molar refractivity (Wildman–Crippen MR) is 216 cm³/mol. The van der Waals surface area contributed by atoms with E-state index in [1.54, 1.807) is 6.07 Å². The van der Waals surface area contributed by atoms with Crippen LogP contribution in [0, 0.1) is 6.92 Å². The number of para-hydroxylation sites is 1. The first-order valence-corrected chi connectivity index (χ1v) is 18.4. The van der Waals surface area contributed by atoms with Crippen LogP contribution in [-0.4, -0.2) is 15.1 Å². The van der Waals surface area contributed by atoms with Gasteiger partial charge in [0.1, 0.15) is 5.75 Å². The number of phenolic OH excluding ortho intramolecular Hbond substituents is 1. The third-order valence-corrected chi connectivity index (χ3v) is 11.5. The van der Waals surface area contributed by atoms with E-state index in [9.17, 15) is 5.11 Å². The van der Waals surface area contributed by atoms with Gasteiger partial charge in [-0.15, -0.1) is 11.3 Å². The van der Waals surface area contributed by atoms with E-state index in [0.717, 1.165) is 50.6 Å². The average molecular weight is 689 g/mol. The molecule has 5 aromatic carbocycles. The maximum Gasteiger partial charge on any atom is 0.124 e. The number of thiophene rings is 1. The summed E-state index contributed by atoms with van der Waals surface area (Å²) in [5, 5.41) is 10.7. The first kappa shape index (κ1) is 31.9. The number of phenols is 1. The summed E-state index contributed by atoms with van der Waals surface area (Å²) in [6.45, 7) is 6.73. The van der Waals surface area contributed by atoms with Crippen LogP contribution in [0.15, 0.2) is 158 Å². The normalized spacial score (nSPS) is 12.8. The summed E-state index contributed by atoms with van der Waals surface area (Å²) >= 11 is 1.82. The maximum absolute atomic E-state index is 10.7. The molecule has 0 bridgehead atoms. The van der Waals surface area contributed by atoms with Crippen molar-refractivity contribution in [3.8, 4) is 82.7 Å². The number of aromatic nitrogens is 2. The lowest BCUT2D eigenvalue weighted by atomic mass is 9.82. The molecular weight excluding hydrogens is 653 g/mol. The average Bonchev–Trinajstić information content (AvgIpc) is 3.76. The highest BCUT2D eigenvalue weighted by Gasteiger charge is 2.35. The van der Waals surface area contributed by atoms with E-state index in [1.807, 2.05) is 53.8 Å². The van der Waals surface area contributed by atoms with Crippen molar-refractivity contribution in [2.75, 3.05) is 0 Å². The molecule has 0 spiro atoms. The Balaban J connectivity index is 1.07. The van der Waals surface area contributed by atoms with Gasteiger partial charge in [-0.05, 0) is 112 Å². The van der Waals surface area contributed by atoms with Gasteiger partial charge in [0.15, 0.2) is 0 Å². The number of rotatable bonds is 6. The molecule has 52 heavy (non-hydrogen) atoms. The highest BCUT2D eigenvalue weighted by atomic mass is 32.1. The molecule has 0 unspecified atom stereocenters. The fourth-order valence-electron chi connectivity index (χ4n) is 7.61. The van der Waals surface area contributed by atoms with E-state index in [1.165, 1.54) is 37.6 Å². The zero-order valence-electron chi connectivity index (χ0n) is 29.3. The van der Waals surface area contributed by atoms with Gasteiger partial charge in [0.05, 0.1) is 17.1 Å². The van der Waals surface area contributed by atoms with Crippen LogP contribution in [0.1, 0.15) is 30.7 Å². The molecule has 3 heterocycles. The van der Waals surface area contributed by atoms with Crippen LogP contribution in [0.25, 0.3) is 76.9 Å². The molecule has 0 atom stereocenters. The van der Waals surface area contributed by atoms with Crippen molar-refractivity contribution in [2.24, 2.45) is 0 Å². The van der Waals surface area contributed by atoms with Gasteiger partial charge in [-0.25, -0.2) is 4.98 Å². The second-order valence-electron chi connectivity index (χ2n) is 14.1. The Labute approximate surface area is 308 Å². The molecule has 0 aliphatic heterocycles. The smallest absolute Gasteiger partial charge is 0.124 e. The van der Waals surface area contributed by atoms with Crippen LogP contribution in [0.2, 0.25) is 0 Å². The van der Waals surface area contributed by atoms with E-state index in [0.29, 0.717) is 5.56 Å².